The summed E-state index contributed by atoms with van der Waals surface area (Å²) in [6, 6.07) is 4.96. The summed E-state index contributed by atoms with van der Waals surface area (Å²) in [5.41, 5.74) is 0.614. The Morgan fingerprint density at radius 1 is 1.35 bits per heavy atom. The summed E-state index contributed by atoms with van der Waals surface area (Å²) in [5, 5.41) is 5.73. The van der Waals surface area contributed by atoms with Gasteiger partial charge in [-0.25, -0.2) is 0 Å². The maximum atomic E-state index is 11.7. The maximum Gasteiger partial charge on any atom is 0.243 e. The van der Waals surface area contributed by atoms with Gasteiger partial charge in [-0.3, -0.25) is 4.79 Å². The maximum absolute atomic E-state index is 11.7. The molecular weight excluding hydrogens is 279 g/mol. The predicted molar refractivity (Wildman–Crippen MR) is 73.4 cm³/mol. The fraction of sp³-hybridized carbons (Fsp3) is 0.182. The van der Waals surface area contributed by atoms with Gasteiger partial charge in [-0.1, -0.05) is 23.2 Å². The number of carbonyl (C=O) groups excluding carboxylic acids is 1. The van der Waals surface area contributed by atoms with Crippen molar-refractivity contribution in [2.24, 2.45) is 0 Å². The highest BCUT2D eigenvalue weighted by Crippen LogP contribution is 2.22. The van der Waals surface area contributed by atoms with Crippen molar-refractivity contribution in [3.63, 3.8) is 0 Å². The van der Waals surface area contributed by atoms with Crippen LogP contribution >= 0.6 is 35.0 Å². The van der Waals surface area contributed by atoms with Gasteiger partial charge in [-0.2, -0.15) is 0 Å². The highest BCUT2D eigenvalue weighted by Gasteiger charge is 2.10. The Morgan fingerprint density at radius 3 is 2.65 bits per heavy atom. The Balaban J connectivity index is 1.95. The van der Waals surface area contributed by atoms with Crippen LogP contribution in [0, 0.1) is 0 Å². The number of nitrogens with one attached hydrogen (secondary N) is 1. The average Bonchev–Trinajstić information content (AvgIpc) is 2.67. The molecule has 1 amide bonds. The van der Waals surface area contributed by atoms with Crippen LogP contribution in [0.1, 0.15) is 0 Å². The van der Waals surface area contributed by atoms with Gasteiger partial charge in [0.2, 0.25) is 5.91 Å². The summed E-state index contributed by atoms with van der Waals surface area (Å²) in [4.78, 5) is 13.6. The largest absolute Gasteiger partial charge is 0.358 e. The number of nitrogens with zero attached hydrogens (tertiary/aromatic N) is 1. The van der Waals surface area contributed by atoms with Gasteiger partial charge < -0.3 is 10.2 Å². The standard InChI is InChI=1S/C11H10Cl2N2OS/c12-8-3-9(13)5-10(4-8)14-11(16)6-15-1-2-17-7-15/h1-5H,6-7H2,(H,14,16). The number of halogens is 2. The minimum Gasteiger partial charge on any atom is -0.358 e. The third-order valence-electron chi connectivity index (χ3n) is 2.10. The van der Waals surface area contributed by atoms with Crippen molar-refractivity contribution in [2.75, 3.05) is 17.7 Å². The zero-order valence-electron chi connectivity index (χ0n) is 8.82. The van der Waals surface area contributed by atoms with Gasteiger partial charge in [-0.05, 0) is 23.6 Å². The highest BCUT2D eigenvalue weighted by atomic mass is 35.5. The lowest BCUT2D eigenvalue weighted by Gasteiger charge is -2.14. The lowest BCUT2D eigenvalue weighted by molar-refractivity contribution is -0.116. The molecular formula is C11H10Cl2N2OS. The monoisotopic (exact) mass is 288 g/mol. The Labute approximate surface area is 114 Å². The number of carbonyl (C=O) groups is 1. The number of benzene rings is 1. The summed E-state index contributed by atoms with van der Waals surface area (Å²) in [6.07, 6.45) is 1.90. The van der Waals surface area contributed by atoms with Crippen LogP contribution in [0.2, 0.25) is 10.0 Å². The van der Waals surface area contributed by atoms with E-state index in [4.69, 9.17) is 23.2 Å². The van der Waals surface area contributed by atoms with Gasteiger partial charge in [-0.15, -0.1) is 11.8 Å². The van der Waals surface area contributed by atoms with Gasteiger partial charge in [0.05, 0.1) is 12.4 Å². The quantitative estimate of drug-likeness (QED) is 0.925. The molecule has 1 aromatic carbocycles. The molecule has 1 aliphatic rings. The van der Waals surface area contributed by atoms with E-state index in [2.05, 4.69) is 5.32 Å². The van der Waals surface area contributed by atoms with Crippen molar-refractivity contribution in [3.8, 4) is 0 Å². The number of anilines is 1. The Kier molecular flexibility index (Phi) is 4.20. The third-order valence-corrected chi connectivity index (χ3v) is 3.33. The number of thioether (sulfide) groups is 1. The summed E-state index contributed by atoms with van der Waals surface area (Å²) in [5.74, 6) is 0.722. The van der Waals surface area contributed by atoms with E-state index in [0.717, 1.165) is 5.88 Å². The zero-order valence-corrected chi connectivity index (χ0v) is 11.1. The van der Waals surface area contributed by atoms with E-state index in [1.165, 1.54) is 0 Å². The van der Waals surface area contributed by atoms with E-state index in [-0.39, 0.29) is 5.91 Å². The van der Waals surface area contributed by atoms with Crippen LogP contribution < -0.4 is 5.32 Å². The third kappa shape index (κ3) is 3.84. The minimum atomic E-state index is -0.0875. The van der Waals surface area contributed by atoms with Crippen molar-refractivity contribution in [1.29, 1.82) is 0 Å². The SMILES string of the molecule is O=C(CN1C=CSC1)Nc1cc(Cl)cc(Cl)c1. The molecule has 0 spiro atoms. The summed E-state index contributed by atoms with van der Waals surface area (Å²) < 4.78 is 0. The van der Waals surface area contributed by atoms with Gasteiger partial charge in [0.15, 0.2) is 0 Å². The molecule has 0 bridgehead atoms. The van der Waals surface area contributed by atoms with Crippen molar-refractivity contribution < 1.29 is 4.79 Å². The molecule has 6 heteroatoms. The number of hydrogen-bond acceptors (Lipinski definition) is 3. The molecule has 0 aliphatic carbocycles. The zero-order chi connectivity index (χ0) is 12.3. The van der Waals surface area contributed by atoms with Crippen molar-refractivity contribution in [3.05, 3.63) is 39.9 Å². The lowest BCUT2D eigenvalue weighted by Crippen LogP contribution is -2.27. The van der Waals surface area contributed by atoms with E-state index >= 15 is 0 Å². The molecule has 0 atom stereocenters. The van der Waals surface area contributed by atoms with E-state index in [1.807, 2.05) is 16.5 Å². The van der Waals surface area contributed by atoms with E-state index in [1.54, 1.807) is 30.0 Å². The molecule has 0 saturated heterocycles. The molecule has 2 rings (SSSR count). The van der Waals surface area contributed by atoms with Crippen LogP contribution in [0.4, 0.5) is 5.69 Å². The topological polar surface area (TPSA) is 32.3 Å². The predicted octanol–water partition coefficient (Wildman–Crippen LogP) is 3.41. The smallest absolute Gasteiger partial charge is 0.243 e. The first-order chi connectivity index (χ1) is 8.13. The summed E-state index contributed by atoms with van der Waals surface area (Å²) >= 11 is 13.3. The first-order valence-electron chi connectivity index (χ1n) is 4.92. The molecule has 1 heterocycles. The number of amides is 1. The molecule has 0 aromatic heterocycles. The van der Waals surface area contributed by atoms with Gasteiger partial charge in [0, 0.05) is 21.9 Å². The lowest BCUT2D eigenvalue weighted by atomic mass is 10.3. The van der Waals surface area contributed by atoms with Gasteiger partial charge >= 0.3 is 0 Å². The second-order valence-electron chi connectivity index (χ2n) is 3.53. The second kappa shape index (κ2) is 5.67. The summed E-state index contributed by atoms with van der Waals surface area (Å²) in [6.45, 7) is 0.327. The van der Waals surface area contributed by atoms with E-state index in [9.17, 15) is 4.79 Å². The second-order valence-corrected chi connectivity index (χ2v) is 5.27. The van der Waals surface area contributed by atoms with Gasteiger partial charge in [0.25, 0.3) is 0 Å². The Bertz CT molecular complexity index is 445. The van der Waals surface area contributed by atoms with Crippen molar-refractivity contribution in [2.45, 2.75) is 0 Å². The molecule has 0 radical (unpaired) electrons. The van der Waals surface area contributed by atoms with Crippen LogP contribution in [0.15, 0.2) is 29.8 Å². The van der Waals surface area contributed by atoms with E-state index in [0.29, 0.717) is 22.3 Å². The van der Waals surface area contributed by atoms with E-state index < -0.39 is 0 Å². The van der Waals surface area contributed by atoms with Crippen LogP contribution in [0.25, 0.3) is 0 Å². The first kappa shape index (κ1) is 12.6. The minimum absolute atomic E-state index is 0.0875. The molecule has 0 fully saturated rings. The fourth-order valence-corrected chi connectivity index (χ4v) is 2.66. The number of rotatable bonds is 3. The normalized spacial score (nSPS) is 14.1. The first-order valence-corrected chi connectivity index (χ1v) is 6.72. The van der Waals surface area contributed by atoms with Crippen molar-refractivity contribution in [1.82, 2.24) is 4.90 Å². The molecule has 1 aliphatic heterocycles. The van der Waals surface area contributed by atoms with Gasteiger partial charge in [0.1, 0.15) is 0 Å². The molecule has 0 unspecified atom stereocenters. The van der Waals surface area contributed by atoms with Crippen LogP contribution in [0.3, 0.4) is 0 Å². The van der Waals surface area contributed by atoms with Crippen LogP contribution in [-0.2, 0) is 4.79 Å². The highest BCUT2D eigenvalue weighted by molar-refractivity contribution is 8.02. The average molecular weight is 289 g/mol. The Morgan fingerprint density at radius 2 is 2.06 bits per heavy atom. The molecule has 0 saturated carbocycles. The molecule has 17 heavy (non-hydrogen) atoms. The van der Waals surface area contributed by atoms with Crippen LogP contribution in [0.5, 0.6) is 0 Å². The fourth-order valence-electron chi connectivity index (χ4n) is 1.42. The van der Waals surface area contributed by atoms with Crippen LogP contribution in [-0.4, -0.2) is 23.2 Å². The molecule has 1 aromatic rings. The Hall–Kier alpha value is -0.840. The molecule has 3 nitrogen and oxygen atoms in total. The molecule has 1 N–H and O–H groups in total. The number of hydrogen-bond donors (Lipinski definition) is 1. The molecule has 90 valence electrons. The van der Waals surface area contributed by atoms with Crippen molar-refractivity contribution >= 4 is 46.6 Å². The summed E-state index contributed by atoms with van der Waals surface area (Å²) in [7, 11) is 0.